The minimum absolute atomic E-state index is 0.145. The number of nitrogens with one attached hydrogen (secondary N) is 1. The van der Waals surface area contributed by atoms with Crippen LogP contribution >= 0.6 is 0 Å². The predicted octanol–water partition coefficient (Wildman–Crippen LogP) is 4.81. The van der Waals surface area contributed by atoms with Crippen molar-refractivity contribution in [3.05, 3.63) is 83.9 Å². The molecule has 0 aromatic heterocycles. The van der Waals surface area contributed by atoms with E-state index >= 15 is 0 Å². The Morgan fingerprint density at radius 1 is 0.903 bits per heavy atom. The van der Waals surface area contributed by atoms with Gasteiger partial charge >= 0.3 is 5.97 Å². The molecule has 0 atom stereocenters. The molecule has 0 bridgehead atoms. The molecule has 0 heterocycles. The van der Waals surface area contributed by atoms with E-state index in [4.69, 9.17) is 14.7 Å². The van der Waals surface area contributed by atoms with Crippen LogP contribution in [0.3, 0.4) is 0 Å². The Morgan fingerprint density at radius 3 is 2.03 bits per heavy atom. The number of carbonyl (C=O) groups is 2. The van der Waals surface area contributed by atoms with E-state index in [0.29, 0.717) is 22.6 Å². The Labute approximate surface area is 181 Å². The third-order valence-corrected chi connectivity index (χ3v) is 4.32. The Kier molecular flexibility index (Phi) is 7.02. The lowest BCUT2D eigenvalue weighted by Gasteiger charge is -2.10. The van der Waals surface area contributed by atoms with Gasteiger partial charge in [0.25, 0.3) is 5.91 Å². The van der Waals surface area contributed by atoms with Gasteiger partial charge in [-0.05, 0) is 73.5 Å². The van der Waals surface area contributed by atoms with Gasteiger partial charge in [0.1, 0.15) is 5.75 Å². The summed E-state index contributed by atoms with van der Waals surface area (Å²) in [5, 5.41) is 11.6. The summed E-state index contributed by atoms with van der Waals surface area (Å²) in [5.41, 5.74) is 3.57. The second-order valence-electron chi connectivity index (χ2n) is 7.08. The van der Waals surface area contributed by atoms with Crippen molar-refractivity contribution in [2.24, 2.45) is 0 Å². The van der Waals surface area contributed by atoms with Gasteiger partial charge in [-0.15, -0.1) is 0 Å². The van der Waals surface area contributed by atoms with Crippen LogP contribution in [0.2, 0.25) is 0 Å². The molecule has 3 aromatic rings. The molecule has 156 valence electrons. The van der Waals surface area contributed by atoms with E-state index in [0.717, 1.165) is 11.1 Å². The van der Waals surface area contributed by atoms with E-state index in [1.165, 1.54) is 0 Å². The molecule has 0 aliphatic heterocycles. The third kappa shape index (κ3) is 6.18. The topological polar surface area (TPSA) is 88.4 Å². The minimum Gasteiger partial charge on any atom is -0.484 e. The van der Waals surface area contributed by atoms with Gasteiger partial charge < -0.3 is 14.8 Å². The molecule has 1 amide bonds. The molecular weight excluding hydrogens is 392 g/mol. The van der Waals surface area contributed by atoms with Gasteiger partial charge in [-0.1, -0.05) is 24.3 Å². The number of esters is 1. The lowest BCUT2D eigenvalue weighted by Crippen LogP contribution is -2.20. The van der Waals surface area contributed by atoms with Crippen molar-refractivity contribution in [1.29, 1.82) is 5.26 Å². The van der Waals surface area contributed by atoms with Crippen LogP contribution in [0.5, 0.6) is 5.75 Å². The number of nitrogens with zero attached hydrogens (tertiary/aromatic N) is 1. The van der Waals surface area contributed by atoms with Crippen molar-refractivity contribution in [2.75, 3.05) is 11.9 Å². The average molecular weight is 414 g/mol. The summed E-state index contributed by atoms with van der Waals surface area (Å²) in [7, 11) is 0. The first kappa shape index (κ1) is 21.6. The summed E-state index contributed by atoms with van der Waals surface area (Å²) in [6.07, 6.45) is -0.192. The Balaban J connectivity index is 1.51. The highest BCUT2D eigenvalue weighted by atomic mass is 16.5. The van der Waals surface area contributed by atoms with E-state index in [1.807, 2.05) is 24.3 Å². The number of benzene rings is 3. The zero-order valence-corrected chi connectivity index (χ0v) is 17.3. The van der Waals surface area contributed by atoms with Crippen molar-refractivity contribution in [1.82, 2.24) is 0 Å². The van der Waals surface area contributed by atoms with Crippen molar-refractivity contribution < 1.29 is 19.1 Å². The number of anilines is 1. The fourth-order valence-corrected chi connectivity index (χ4v) is 2.80. The molecule has 6 heteroatoms. The van der Waals surface area contributed by atoms with Gasteiger partial charge in [0.15, 0.2) is 6.61 Å². The standard InChI is InChI=1S/C25H22N2O4/c1-17(2)31-25(29)21-7-11-22(12-8-21)27-24(28)16-30-23-13-9-20(10-14-23)19-5-3-18(15-26)4-6-19/h3-14,17H,16H2,1-2H3,(H,27,28). The second kappa shape index (κ2) is 10.1. The molecule has 6 nitrogen and oxygen atoms in total. The van der Waals surface area contributed by atoms with Gasteiger partial charge in [0, 0.05) is 5.69 Å². The number of hydrogen-bond acceptors (Lipinski definition) is 5. The molecule has 1 N–H and O–H groups in total. The van der Waals surface area contributed by atoms with Crippen LogP contribution < -0.4 is 10.1 Å². The number of hydrogen-bond donors (Lipinski definition) is 1. The zero-order valence-electron chi connectivity index (χ0n) is 17.3. The smallest absolute Gasteiger partial charge is 0.338 e. The molecular formula is C25H22N2O4. The van der Waals surface area contributed by atoms with Crippen molar-refractivity contribution >= 4 is 17.6 Å². The molecule has 3 rings (SSSR count). The van der Waals surface area contributed by atoms with Crippen LogP contribution in [0, 0.1) is 11.3 Å². The summed E-state index contributed by atoms with van der Waals surface area (Å²) in [4.78, 5) is 24.0. The summed E-state index contributed by atoms with van der Waals surface area (Å²) >= 11 is 0. The fraction of sp³-hybridized carbons (Fsp3) is 0.160. The highest BCUT2D eigenvalue weighted by Crippen LogP contribution is 2.23. The molecule has 0 unspecified atom stereocenters. The largest absolute Gasteiger partial charge is 0.484 e. The minimum atomic E-state index is -0.402. The number of rotatable bonds is 7. The van der Waals surface area contributed by atoms with Crippen LogP contribution in [0.1, 0.15) is 29.8 Å². The summed E-state index contributed by atoms with van der Waals surface area (Å²) in [6.45, 7) is 3.42. The SMILES string of the molecule is CC(C)OC(=O)c1ccc(NC(=O)COc2ccc(-c3ccc(C#N)cc3)cc2)cc1. The number of carbonyl (C=O) groups excluding carboxylic acids is 2. The zero-order chi connectivity index (χ0) is 22.2. The van der Waals surface area contributed by atoms with E-state index in [9.17, 15) is 9.59 Å². The van der Waals surface area contributed by atoms with Crippen LogP contribution in [-0.2, 0) is 9.53 Å². The van der Waals surface area contributed by atoms with Crippen LogP contribution in [0.25, 0.3) is 11.1 Å². The molecule has 0 radical (unpaired) electrons. The van der Waals surface area contributed by atoms with E-state index < -0.39 is 5.97 Å². The number of nitriles is 1. The van der Waals surface area contributed by atoms with Gasteiger partial charge in [-0.3, -0.25) is 4.79 Å². The van der Waals surface area contributed by atoms with Crippen LogP contribution in [0.4, 0.5) is 5.69 Å². The lowest BCUT2D eigenvalue weighted by molar-refractivity contribution is -0.118. The molecule has 0 fully saturated rings. The highest BCUT2D eigenvalue weighted by molar-refractivity contribution is 5.93. The first-order valence-corrected chi connectivity index (χ1v) is 9.79. The Morgan fingerprint density at radius 2 is 1.48 bits per heavy atom. The van der Waals surface area contributed by atoms with Gasteiger partial charge in [-0.2, -0.15) is 5.26 Å². The van der Waals surface area contributed by atoms with Gasteiger partial charge in [-0.25, -0.2) is 4.79 Å². The molecule has 0 saturated heterocycles. The fourth-order valence-electron chi connectivity index (χ4n) is 2.80. The normalized spacial score (nSPS) is 10.3. The summed E-state index contributed by atoms with van der Waals surface area (Å²) in [6, 6.07) is 23.2. The molecule has 31 heavy (non-hydrogen) atoms. The van der Waals surface area contributed by atoms with Crippen molar-refractivity contribution in [3.63, 3.8) is 0 Å². The van der Waals surface area contributed by atoms with Crippen molar-refractivity contribution in [2.45, 2.75) is 20.0 Å². The quantitative estimate of drug-likeness (QED) is 0.561. The van der Waals surface area contributed by atoms with Gasteiger partial charge in [0.05, 0.1) is 23.3 Å². The summed E-state index contributed by atoms with van der Waals surface area (Å²) in [5.74, 6) is -0.145. The molecule has 3 aromatic carbocycles. The van der Waals surface area contributed by atoms with E-state index in [1.54, 1.807) is 62.4 Å². The molecule has 0 saturated carbocycles. The maximum Gasteiger partial charge on any atom is 0.338 e. The Bertz CT molecular complexity index is 1080. The van der Waals surface area contributed by atoms with E-state index in [2.05, 4.69) is 11.4 Å². The molecule has 0 aliphatic carbocycles. The maximum atomic E-state index is 12.1. The number of amides is 1. The van der Waals surface area contributed by atoms with Crippen molar-refractivity contribution in [3.8, 4) is 22.9 Å². The monoisotopic (exact) mass is 414 g/mol. The number of ether oxygens (including phenoxy) is 2. The predicted molar refractivity (Wildman–Crippen MR) is 118 cm³/mol. The second-order valence-corrected chi connectivity index (χ2v) is 7.08. The average Bonchev–Trinajstić information content (AvgIpc) is 2.78. The maximum absolute atomic E-state index is 12.1. The first-order chi connectivity index (χ1) is 14.9. The molecule has 0 aliphatic rings. The summed E-state index contributed by atoms with van der Waals surface area (Å²) < 4.78 is 10.7. The Hall–Kier alpha value is -4.11. The first-order valence-electron chi connectivity index (χ1n) is 9.79. The van der Waals surface area contributed by atoms with E-state index in [-0.39, 0.29) is 18.6 Å². The molecule has 0 spiro atoms. The lowest BCUT2D eigenvalue weighted by atomic mass is 10.0. The highest BCUT2D eigenvalue weighted by Gasteiger charge is 2.10. The van der Waals surface area contributed by atoms with Crippen LogP contribution in [0.15, 0.2) is 72.8 Å². The third-order valence-electron chi connectivity index (χ3n) is 4.32. The van der Waals surface area contributed by atoms with Gasteiger partial charge in [0.2, 0.25) is 0 Å². The van der Waals surface area contributed by atoms with Crippen LogP contribution in [-0.4, -0.2) is 24.6 Å².